The summed E-state index contributed by atoms with van der Waals surface area (Å²) in [7, 11) is -3.48. The molecule has 1 saturated heterocycles. The van der Waals surface area contributed by atoms with Crippen LogP contribution in [-0.2, 0) is 10.0 Å². The standard InChI is InChI=1S/C15H18ClNO2S3/c1-11-6-7-13(20-11)12-5-3-2-4-10-17(12)22(18,19)15-9-8-14(16)21-15/h6-9,12H,2-5,10H2,1H3. The minimum atomic E-state index is -3.48. The zero-order valence-electron chi connectivity index (χ0n) is 12.3. The molecule has 1 aliphatic heterocycles. The van der Waals surface area contributed by atoms with Crippen LogP contribution in [0.3, 0.4) is 0 Å². The molecule has 1 atom stereocenters. The van der Waals surface area contributed by atoms with E-state index in [-0.39, 0.29) is 6.04 Å². The fraction of sp³-hybridized carbons (Fsp3) is 0.467. The van der Waals surface area contributed by atoms with Crippen molar-refractivity contribution in [3.8, 4) is 0 Å². The maximum atomic E-state index is 13.0. The molecule has 0 N–H and O–H groups in total. The van der Waals surface area contributed by atoms with Crippen molar-refractivity contribution in [2.45, 2.75) is 42.9 Å². The molecule has 22 heavy (non-hydrogen) atoms. The first-order valence-corrected chi connectivity index (χ1v) is 10.8. The molecule has 1 aliphatic rings. The van der Waals surface area contributed by atoms with Gasteiger partial charge in [-0.1, -0.05) is 24.4 Å². The van der Waals surface area contributed by atoms with Crippen molar-refractivity contribution >= 4 is 44.3 Å². The van der Waals surface area contributed by atoms with E-state index < -0.39 is 10.0 Å². The van der Waals surface area contributed by atoms with Crippen LogP contribution >= 0.6 is 34.3 Å². The highest BCUT2D eigenvalue weighted by Crippen LogP contribution is 2.39. The van der Waals surface area contributed by atoms with Crippen molar-refractivity contribution in [3.05, 3.63) is 38.4 Å². The van der Waals surface area contributed by atoms with E-state index in [0.717, 1.165) is 41.9 Å². The van der Waals surface area contributed by atoms with E-state index in [2.05, 4.69) is 19.1 Å². The fourth-order valence-electron chi connectivity index (χ4n) is 2.84. The number of hydrogen-bond donors (Lipinski definition) is 0. The Kier molecular flexibility index (Phi) is 4.95. The first kappa shape index (κ1) is 16.5. The van der Waals surface area contributed by atoms with Gasteiger partial charge in [0.2, 0.25) is 0 Å². The Labute approximate surface area is 144 Å². The first-order valence-electron chi connectivity index (χ1n) is 7.32. The van der Waals surface area contributed by atoms with Gasteiger partial charge in [0.05, 0.1) is 10.4 Å². The summed E-state index contributed by atoms with van der Waals surface area (Å²) in [6.45, 7) is 2.64. The highest BCUT2D eigenvalue weighted by molar-refractivity contribution is 7.91. The summed E-state index contributed by atoms with van der Waals surface area (Å²) >= 11 is 8.76. The maximum absolute atomic E-state index is 13.0. The summed E-state index contributed by atoms with van der Waals surface area (Å²) in [6.07, 6.45) is 3.95. The van der Waals surface area contributed by atoms with Crippen LogP contribution in [0.4, 0.5) is 0 Å². The molecule has 120 valence electrons. The number of nitrogens with zero attached hydrogens (tertiary/aromatic N) is 1. The molecule has 2 aromatic rings. The number of rotatable bonds is 3. The highest BCUT2D eigenvalue weighted by atomic mass is 35.5. The van der Waals surface area contributed by atoms with Crippen molar-refractivity contribution in [2.75, 3.05) is 6.54 Å². The molecule has 0 aliphatic carbocycles. The number of halogens is 1. The number of hydrogen-bond acceptors (Lipinski definition) is 4. The Morgan fingerprint density at radius 3 is 2.59 bits per heavy atom. The lowest BCUT2D eigenvalue weighted by Gasteiger charge is -2.27. The van der Waals surface area contributed by atoms with Gasteiger partial charge in [-0.05, 0) is 44.0 Å². The molecule has 0 radical (unpaired) electrons. The van der Waals surface area contributed by atoms with Crippen molar-refractivity contribution < 1.29 is 8.42 Å². The summed E-state index contributed by atoms with van der Waals surface area (Å²) in [4.78, 5) is 2.36. The second kappa shape index (κ2) is 6.61. The first-order chi connectivity index (χ1) is 10.5. The average Bonchev–Trinajstić information content (AvgIpc) is 3.01. The number of thiophene rings is 2. The molecule has 0 bridgehead atoms. The van der Waals surface area contributed by atoms with E-state index in [1.165, 1.54) is 4.88 Å². The lowest BCUT2D eigenvalue weighted by atomic mass is 10.1. The molecule has 3 heterocycles. The van der Waals surface area contributed by atoms with Crippen LogP contribution in [0.1, 0.15) is 41.5 Å². The van der Waals surface area contributed by atoms with E-state index in [1.807, 2.05) is 0 Å². The fourth-order valence-corrected chi connectivity index (χ4v) is 7.22. The summed E-state index contributed by atoms with van der Waals surface area (Å²) in [6, 6.07) is 7.36. The molecular formula is C15H18ClNO2S3. The van der Waals surface area contributed by atoms with Crippen molar-refractivity contribution in [1.82, 2.24) is 4.31 Å². The lowest BCUT2D eigenvalue weighted by molar-refractivity contribution is 0.334. The predicted molar refractivity (Wildman–Crippen MR) is 93.5 cm³/mol. The third kappa shape index (κ3) is 3.26. The SMILES string of the molecule is Cc1ccc(C2CCCCCN2S(=O)(=O)c2ccc(Cl)s2)s1. The van der Waals surface area contributed by atoms with Gasteiger partial charge in [-0.3, -0.25) is 0 Å². The summed E-state index contributed by atoms with van der Waals surface area (Å²) in [5.74, 6) is 0. The summed E-state index contributed by atoms with van der Waals surface area (Å²) in [5.41, 5.74) is 0. The second-order valence-corrected chi connectivity index (χ2v) is 10.6. The largest absolute Gasteiger partial charge is 0.253 e. The molecule has 2 aromatic heterocycles. The molecule has 0 spiro atoms. The third-order valence-corrected chi connectivity index (χ3v) is 8.61. The Morgan fingerprint density at radius 1 is 1.14 bits per heavy atom. The summed E-state index contributed by atoms with van der Waals surface area (Å²) < 4.78 is 28.6. The Bertz CT molecular complexity index is 750. The van der Waals surface area contributed by atoms with Gasteiger partial charge in [0.15, 0.2) is 0 Å². The monoisotopic (exact) mass is 375 g/mol. The van der Waals surface area contributed by atoms with Gasteiger partial charge in [0, 0.05) is 16.3 Å². The molecule has 1 fully saturated rings. The van der Waals surface area contributed by atoms with Gasteiger partial charge in [0.1, 0.15) is 4.21 Å². The smallest absolute Gasteiger partial charge is 0.206 e. The molecule has 7 heteroatoms. The summed E-state index contributed by atoms with van der Waals surface area (Å²) in [5, 5.41) is 0. The van der Waals surface area contributed by atoms with E-state index in [4.69, 9.17) is 11.6 Å². The third-order valence-electron chi connectivity index (χ3n) is 3.90. The van der Waals surface area contributed by atoms with Crippen LogP contribution in [0.5, 0.6) is 0 Å². The van der Waals surface area contributed by atoms with E-state index >= 15 is 0 Å². The molecule has 0 amide bonds. The van der Waals surface area contributed by atoms with Crippen molar-refractivity contribution in [1.29, 1.82) is 0 Å². The molecule has 0 aromatic carbocycles. The van der Waals surface area contributed by atoms with Gasteiger partial charge >= 0.3 is 0 Å². The van der Waals surface area contributed by atoms with Gasteiger partial charge in [0.25, 0.3) is 10.0 Å². The maximum Gasteiger partial charge on any atom is 0.253 e. The quantitative estimate of drug-likeness (QED) is 0.750. The predicted octanol–water partition coefficient (Wildman–Crippen LogP) is 5.08. The van der Waals surface area contributed by atoms with Crippen LogP contribution < -0.4 is 0 Å². The van der Waals surface area contributed by atoms with Crippen molar-refractivity contribution in [3.63, 3.8) is 0 Å². The average molecular weight is 376 g/mol. The van der Waals surface area contributed by atoms with E-state index in [1.54, 1.807) is 27.8 Å². The Morgan fingerprint density at radius 2 is 1.95 bits per heavy atom. The minimum absolute atomic E-state index is 0.0490. The van der Waals surface area contributed by atoms with Crippen molar-refractivity contribution in [2.24, 2.45) is 0 Å². The van der Waals surface area contributed by atoms with Gasteiger partial charge in [-0.25, -0.2) is 8.42 Å². The molecular weight excluding hydrogens is 358 g/mol. The number of sulfonamides is 1. The van der Waals surface area contributed by atoms with Gasteiger partial charge in [-0.2, -0.15) is 4.31 Å². The second-order valence-electron chi connectivity index (χ2n) is 5.49. The van der Waals surface area contributed by atoms with Crippen LogP contribution in [0, 0.1) is 6.92 Å². The van der Waals surface area contributed by atoms with Crippen LogP contribution in [-0.4, -0.2) is 19.3 Å². The highest BCUT2D eigenvalue weighted by Gasteiger charge is 2.34. The van der Waals surface area contributed by atoms with Crippen LogP contribution in [0.2, 0.25) is 4.34 Å². The van der Waals surface area contributed by atoms with E-state index in [9.17, 15) is 8.42 Å². The zero-order valence-corrected chi connectivity index (χ0v) is 15.5. The molecule has 3 rings (SSSR count). The minimum Gasteiger partial charge on any atom is -0.206 e. The Hall–Kier alpha value is -0.400. The molecule has 0 saturated carbocycles. The lowest BCUT2D eigenvalue weighted by Crippen LogP contribution is -2.34. The van der Waals surface area contributed by atoms with E-state index in [0.29, 0.717) is 15.1 Å². The van der Waals surface area contributed by atoms with Crippen LogP contribution in [0.25, 0.3) is 0 Å². The zero-order chi connectivity index (χ0) is 15.7. The molecule has 3 nitrogen and oxygen atoms in total. The van der Waals surface area contributed by atoms with Gasteiger partial charge < -0.3 is 0 Å². The number of aryl methyl sites for hydroxylation is 1. The molecule has 1 unspecified atom stereocenters. The normalized spacial score (nSPS) is 20.9. The topological polar surface area (TPSA) is 37.4 Å². The van der Waals surface area contributed by atoms with Crippen LogP contribution in [0.15, 0.2) is 28.5 Å². The Balaban J connectivity index is 2.00. The van der Waals surface area contributed by atoms with Gasteiger partial charge in [-0.15, -0.1) is 22.7 Å².